The molecule has 1 aromatic heterocycles. The fraction of sp³-hybridized carbons (Fsp3) is 0.545. The van der Waals surface area contributed by atoms with E-state index in [1.165, 1.54) is 0 Å². The summed E-state index contributed by atoms with van der Waals surface area (Å²) in [6, 6.07) is 3.98. The third-order valence-electron chi connectivity index (χ3n) is 2.78. The zero-order valence-corrected chi connectivity index (χ0v) is 10.2. The zero-order chi connectivity index (χ0) is 11.5. The Labute approximate surface area is 98.3 Å². The van der Waals surface area contributed by atoms with Gasteiger partial charge in [0.2, 0.25) is 0 Å². The molecule has 5 heteroatoms. The van der Waals surface area contributed by atoms with Gasteiger partial charge in [-0.2, -0.15) is 0 Å². The fourth-order valence-corrected chi connectivity index (χ4v) is 2.80. The fourth-order valence-electron chi connectivity index (χ4n) is 1.75. The van der Waals surface area contributed by atoms with Crippen LogP contribution < -0.4 is 10.6 Å². The van der Waals surface area contributed by atoms with Gasteiger partial charge in [-0.1, -0.05) is 0 Å². The highest BCUT2D eigenvalue weighted by Crippen LogP contribution is 2.17. The second kappa shape index (κ2) is 4.93. The van der Waals surface area contributed by atoms with Crippen LogP contribution in [0.1, 0.15) is 18.7 Å². The van der Waals surface area contributed by atoms with Gasteiger partial charge in [0.05, 0.1) is 17.6 Å². The highest BCUT2D eigenvalue weighted by atomic mass is 32.2. The minimum Gasteiger partial charge on any atom is -0.368 e. The summed E-state index contributed by atoms with van der Waals surface area (Å²) >= 11 is 0. The SMILES string of the molecule is CC(N)c1ccc(N2CCS(=O)CC2)cn1. The highest BCUT2D eigenvalue weighted by Gasteiger charge is 2.15. The van der Waals surface area contributed by atoms with E-state index < -0.39 is 10.8 Å². The molecule has 1 atom stereocenters. The van der Waals surface area contributed by atoms with Crippen molar-refractivity contribution in [2.75, 3.05) is 29.5 Å². The van der Waals surface area contributed by atoms with Gasteiger partial charge in [-0.15, -0.1) is 0 Å². The second-order valence-corrected chi connectivity index (χ2v) is 5.76. The molecule has 0 aromatic carbocycles. The largest absolute Gasteiger partial charge is 0.368 e. The number of aromatic nitrogens is 1. The van der Waals surface area contributed by atoms with Crippen molar-refractivity contribution in [2.24, 2.45) is 5.73 Å². The minimum atomic E-state index is -0.628. The first kappa shape index (κ1) is 11.5. The van der Waals surface area contributed by atoms with Gasteiger partial charge in [0.25, 0.3) is 0 Å². The summed E-state index contributed by atoms with van der Waals surface area (Å²) in [5.41, 5.74) is 7.75. The van der Waals surface area contributed by atoms with E-state index in [4.69, 9.17) is 5.73 Å². The van der Waals surface area contributed by atoms with Crippen molar-refractivity contribution < 1.29 is 4.21 Å². The quantitative estimate of drug-likeness (QED) is 0.824. The zero-order valence-electron chi connectivity index (χ0n) is 9.43. The van der Waals surface area contributed by atoms with Gasteiger partial charge < -0.3 is 10.6 Å². The lowest BCUT2D eigenvalue weighted by Gasteiger charge is -2.28. The minimum absolute atomic E-state index is 0.0251. The molecule has 1 saturated heterocycles. The molecule has 16 heavy (non-hydrogen) atoms. The van der Waals surface area contributed by atoms with E-state index in [2.05, 4.69) is 9.88 Å². The van der Waals surface area contributed by atoms with E-state index in [1.54, 1.807) is 0 Å². The Morgan fingerprint density at radius 3 is 2.62 bits per heavy atom. The van der Waals surface area contributed by atoms with Crippen LogP contribution in [0.15, 0.2) is 18.3 Å². The Bertz CT molecular complexity index is 367. The molecule has 1 aromatic rings. The van der Waals surface area contributed by atoms with Crippen molar-refractivity contribution in [3.05, 3.63) is 24.0 Å². The standard InChI is InChI=1S/C11H17N3OS/c1-9(12)11-3-2-10(8-13-11)14-4-6-16(15)7-5-14/h2-3,8-9H,4-7,12H2,1H3. The van der Waals surface area contributed by atoms with Crippen molar-refractivity contribution in [3.63, 3.8) is 0 Å². The van der Waals surface area contributed by atoms with E-state index in [-0.39, 0.29) is 6.04 Å². The summed E-state index contributed by atoms with van der Waals surface area (Å²) in [7, 11) is -0.628. The summed E-state index contributed by atoms with van der Waals surface area (Å²) in [6.07, 6.45) is 1.85. The van der Waals surface area contributed by atoms with Crippen molar-refractivity contribution in [3.8, 4) is 0 Å². The summed E-state index contributed by atoms with van der Waals surface area (Å²) in [5, 5.41) is 0. The predicted octanol–water partition coefficient (Wildman–Crippen LogP) is 0.670. The summed E-state index contributed by atoms with van der Waals surface area (Å²) in [4.78, 5) is 6.55. The monoisotopic (exact) mass is 239 g/mol. The number of hydrogen-bond acceptors (Lipinski definition) is 4. The number of pyridine rings is 1. The first-order valence-electron chi connectivity index (χ1n) is 5.48. The topological polar surface area (TPSA) is 59.2 Å². The van der Waals surface area contributed by atoms with Crippen LogP contribution >= 0.6 is 0 Å². The highest BCUT2D eigenvalue weighted by molar-refractivity contribution is 7.85. The number of nitrogens with two attached hydrogens (primary N) is 1. The van der Waals surface area contributed by atoms with E-state index in [0.29, 0.717) is 0 Å². The van der Waals surface area contributed by atoms with E-state index >= 15 is 0 Å². The normalized spacial score (nSPS) is 19.8. The predicted molar refractivity (Wildman–Crippen MR) is 66.9 cm³/mol. The summed E-state index contributed by atoms with van der Waals surface area (Å²) in [6.45, 7) is 3.63. The molecule has 0 saturated carbocycles. The maximum atomic E-state index is 11.2. The van der Waals surface area contributed by atoms with Crippen molar-refractivity contribution in [1.82, 2.24) is 4.98 Å². The third kappa shape index (κ3) is 2.59. The van der Waals surface area contributed by atoms with Crippen LogP contribution in [0.25, 0.3) is 0 Å². The molecule has 2 rings (SSSR count). The molecule has 1 aliphatic heterocycles. The summed E-state index contributed by atoms with van der Waals surface area (Å²) in [5.74, 6) is 1.52. The smallest absolute Gasteiger partial charge is 0.0569 e. The van der Waals surface area contributed by atoms with Crippen molar-refractivity contribution >= 4 is 16.5 Å². The van der Waals surface area contributed by atoms with Gasteiger partial charge in [-0.25, -0.2) is 0 Å². The first-order chi connectivity index (χ1) is 7.66. The van der Waals surface area contributed by atoms with Crippen LogP contribution in [0.3, 0.4) is 0 Å². The molecule has 2 heterocycles. The van der Waals surface area contributed by atoms with E-state index in [0.717, 1.165) is 36.0 Å². The van der Waals surface area contributed by atoms with Crippen LogP contribution in [-0.2, 0) is 10.8 Å². The van der Waals surface area contributed by atoms with E-state index in [1.807, 2.05) is 25.3 Å². The van der Waals surface area contributed by atoms with Gasteiger partial charge in [0, 0.05) is 41.4 Å². The molecule has 1 aliphatic rings. The van der Waals surface area contributed by atoms with Gasteiger partial charge in [0.1, 0.15) is 0 Å². The van der Waals surface area contributed by atoms with Crippen LogP contribution in [0.4, 0.5) is 5.69 Å². The number of hydrogen-bond donors (Lipinski definition) is 1. The third-order valence-corrected chi connectivity index (χ3v) is 4.06. The van der Waals surface area contributed by atoms with Gasteiger partial charge >= 0.3 is 0 Å². The molecule has 0 radical (unpaired) electrons. The van der Waals surface area contributed by atoms with Crippen molar-refractivity contribution in [2.45, 2.75) is 13.0 Å². The Hall–Kier alpha value is -0.940. The van der Waals surface area contributed by atoms with Crippen LogP contribution in [0.2, 0.25) is 0 Å². The average molecular weight is 239 g/mol. The van der Waals surface area contributed by atoms with Gasteiger partial charge in [-0.3, -0.25) is 9.19 Å². The van der Waals surface area contributed by atoms with Crippen LogP contribution in [0.5, 0.6) is 0 Å². The molecule has 0 spiro atoms. The van der Waals surface area contributed by atoms with Gasteiger partial charge in [0.15, 0.2) is 0 Å². The number of rotatable bonds is 2. The lowest BCUT2D eigenvalue weighted by Crippen LogP contribution is -2.37. The molecule has 1 unspecified atom stereocenters. The number of nitrogens with zero attached hydrogens (tertiary/aromatic N) is 2. The Kier molecular flexibility index (Phi) is 3.56. The molecular formula is C11H17N3OS. The first-order valence-corrected chi connectivity index (χ1v) is 6.97. The molecule has 0 amide bonds. The molecular weight excluding hydrogens is 222 g/mol. The second-order valence-electron chi connectivity index (χ2n) is 4.07. The van der Waals surface area contributed by atoms with Gasteiger partial charge in [-0.05, 0) is 19.1 Å². The van der Waals surface area contributed by atoms with Crippen LogP contribution in [-0.4, -0.2) is 33.8 Å². The molecule has 2 N–H and O–H groups in total. The maximum Gasteiger partial charge on any atom is 0.0569 e. The molecule has 0 bridgehead atoms. The number of anilines is 1. The Morgan fingerprint density at radius 2 is 2.12 bits per heavy atom. The van der Waals surface area contributed by atoms with Crippen LogP contribution in [0, 0.1) is 0 Å². The molecule has 88 valence electrons. The maximum absolute atomic E-state index is 11.2. The lowest BCUT2D eigenvalue weighted by molar-refractivity contribution is 0.673. The summed E-state index contributed by atoms with van der Waals surface area (Å²) < 4.78 is 11.2. The van der Waals surface area contributed by atoms with E-state index in [9.17, 15) is 4.21 Å². The molecule has 1 fully saturated rings. The average Bonchev–Trinajstić information content (AvgIpc) is 2.30. The Morgan fingerprint density at radius 1 is 1.44 bits per heavy atom. The Balaban J connectivity index is 2.07. The molecule has 4 nitrogen and oxygen atoms in total. The molecule has 0 aliphatic carbocycles. The van der Waals surface area contributed by atoms with Crippen molar-refractivity contribution in [1.29, 1.82) is 0 Å². The lowest BCUT2D eigenvalue weighted by atomic mass is 10.2.